The Morgan fingerprint density at radius 3 is 2.36 bits per heavy atom. The van der Waals surface area contributed by atoms with Crippen LogP contribution in [0.1, 0.15) is 58.3 Å². The number of ketones is 1. The van der Waals surface area contributed by atoms with Crippen LogP contribution in [0.15, 0.2) is 36.5 Å². The molecule has 0 aliphatic heterocycles. The number of carbonyl (C=O) groups excluding carboxylic acids is 1. The van der Waals surface area contributed by atoms with Crippen molar-refractivity contribution in [2.24, 2.45) is 0 Å². The van der Waals surface area contributed by atoms with Crippen LogP contribution in [0, 0.1) is 0 Å². The third-order valence-corrected chi connectivity index (χ3v) is 3.14. The van der Waals surface area contributed by atoms with Gasteiger partial charge in [-0.2, -0.15) is 0 Å². The molecule has 124 valence electrons. The van der Waals surface area contributed by atoms with Crippen LogP contribution in [0.3, 0.4) is 0 Å². The van der Waals surface area contributed by atoms with Crippen molar-refractivity contribution in [3.05, 3.63) is 36.5 Å². The topological polar surface area (TPSA) is 74.6 Å². The van der Waals surface area contributed by atoms with E-state index in [0.717, 1.165) is 32.1 Å². The summed E-state index contributed by atoms with van der Waals surface area (Å²) in [6.45, 7) is 2.13. The van der Waals surface area contributed by atoms with Crippen molar-refractivity contribution in [3.8, 4) is 0 Å². The highest BCUT2D eigenvalue weighted by atomic mass is 16.4. The van der Waals surface area contributed by atoms with Gasteiger partial charge in [0.15, 0.2) is 11.9 Å². The molecule has 0 unspecified atom stereocenters. The number of aliphatic carboxylic acids is 1. The molecular weight excluding hydrogens is 280 g/mol. The first-order valence-electron chi connectivity index (χ1n) is 8.01. The van der Waals surface area contributed by atoms with E-state index < -0.39 is 12.1 Å². The number of hydrogen-bond acceptors (Lipinski definition) is 3. The van der Waals surface area contributed by atoms with Gasteiger partial charge in [-0.15, -0.1) is 0 Å². The number of unbranched alkanes of at least 4 members (excludes halogenated alkanes) is 4. The minimum Gasteiger partial charge on any atom is -0.479 e. The van der Waals surface area contributed by atoms with Crippen LogP contribution >= 0.6 is 0 Å². The van der Waals surface area contributed by atoms with Gasteiger partial charge in [0, 0.05) is 6.42 Å². The van der Waals surface area contributed by atoms with E-state index in [0.29, 0.717) is 12.8 Å². The lowest BCUT2D eigenvalue weighted by Crippen LogP contribution is -2.18. The lowest BCUT2D eigenvalue weighted by molar-refractivity contribution is -0.146. The molecule has 0 aromatic heterocycles. The maximum absolute atomic E-state index is 11.6. The quantitative estimate of drug-likeness (QED) is 0.308. The van der Waals surface area contributed by atoms with Gasteiger partial charge in [0.1, 0.15) is 0 Å². The summed E-state index contributed by atoms with van der Waals surface area (Å²) in [6, 6.07) is 0. The monoisotopic (exact) mass is 308 g/mol. The fraction of sp³-hybridized carbons (Fsp3) is 0.556. The predicted molar refractivity (Wildman–Crippen MR) is 88.7 cm³/mol. The molecule has 0 radical (unpaired) electrons. The molecule has 0 aliphatic carbocycles. The molecule has 1 atom stereocenters. The van der Waals surface area contributed by atoms with Gasteiger partial charge in [-0.1, -0.05) is 63.0 Å². The number of rotatable bonds is 13. The lowest BCUT2D eigenvalue weighted by atomic mass is 10.1. The first kappa shape index (κ1) is 20.3. The zero-order valence-electron chi connectivity index (χ0n) is 13.4. The molecule has 0 aromatic carbocycles. The molecule has 4 heteroatoms. The molecule has 4 nitrogen and oxygen atoms in total. The number of carboxylic acid groups (broad SMARTS) is 1. The van der Waals surface area contributed by atoms with Gasteiger partial charge in [0.25, 0.3) is 0 Å². The van der Waals surface area contributed by atoms with Crippen LogP contribution in [0.2, 0.25) is 0 Å². The maximum atomic E-state index is 11.6. The van der Waals surface area contributed by atoms with Crippen molar-refractivity contribution >= 4 is 11.8 Å². The lowest BCUT2D eigenvalue weighted by Gasteiger charge is -2.04. The minimum absolute atomic E-state index is 0.104. The normalized spacial score (nSPS) is 13.4. The van der Waals surface area contributed by atoms with Crippen LogP contribution < -0.4 is 0 Å². The summed E-state index contributed by atoms with van der Waals surface area (Å²) < 4.78 is 0. The third kappa shape index (κ3) is 13.3. The van der Waals surface area contributed by atoms with Gasteiger partial charge in [-0.25, -0.2) is 4.79 Å². The molecule has 0 amide bonds. The average Bonchev–Trinajstić information content (AvgIpc) is 2.49. The van der Waals surface area contributed by atoms with Crippen LogP contribution in [0.5, 0.6) is 0 Å². The number of aliphatic hydroxyl groups is 1. The number of aliphatic hydroxyl groups excluding tert-OH is 1. The van der Waals surface area contributed by atoms with E-state index in [1.807, 2.05) is 18.2 Å². The highest BCUT2D eigenvalue weighted by Crippen LogP contribution is 2.08. The van der Waals surface area contributed by atoms with Gasteiger partial charge in [-0.3, -0.25) is 4.79 Å². The van der Waals surface area contributed by atoms with Crippen LogP contribution in [0.25, 0.3) is 0 Å². The Kier molecular flexibility index (Phi) is 13.2. The summed E-state index contributed by atoms with van der Waals surface area (Å²) in [5, 5.41) is 17.6. The fourth-order valence-corrected chi connectivity index (χ4v) is 1.83. The largest absolute Gasteiger partial charge is 0.479 e. The van der Waals surface area contributed by atoms with Gasteiger partial charge in [-0.05, 0) is 25.3 Å². The number of hydrogen-bond donors (Lipinski definition) is 2. The Morgan fingerprint density at radius 2 is 1.68 bits per heavy atom. The second kappa shape index (κ2) is 14.3. The summed E-state index contributed by atoms with van der Waals surface area (Å²) in [7, 11) is 0. The highest BCUT2D eigenvalue weighted by molar-refractivity contribution is 5.89. The highest BCUT2D eigenvalue weighted by Gasteiger charge is 2.11. The fourth-order valence-electron chi connectivity index (χ4n) is 1.83. The Morgan fingerprint density at radius 1 is 1.00 bits per heavy atom. The van der Waals surface area contributed by atoms with E-state index in [4.69, 9.17) is 10.2 Å². The van der Waals surface area contributed by atoms with Gasteiger partial charge in [0.05, 0.1) is 0 Å². The Bertz CT molecular complexity index is 394. The van der Waals surface area contributed by atoms with Crippen molar-refractivity contribution in [2.75, 3.05) is 0 Å². The summed E-state index contributed by atoms with van der Waals surface area (Å²) in [4.78, 5) is 21.9. The number of carbonyl (C=O) groups is 2. The summed E-state index contributed by atoms with van der Waals surface area (Å²) >= 11 is 0. The van der Waals surface area contributed by atoms with E-state index in [-0.39, 0.29) is 12.2 Å². The molecule has 22 heavy (non-hydrogen) atoms. The number of carboxylic acids is 1. The van der Waals surface area contributed by atoms with E-state index in [1.165, 1.54) is 0 Å². The van der Waals surface area contributed by atoms with Crippen molar-refractivity contribution in [2.45, 2.75) is 64.4 Å². The molecule has 2 N–H and O–H groups in total. The van der Waals surface area contributed by atoms with Crippen molar-refractivity contribution in [3.63, 3.8) is 0 Å². The molecule has 0 saturated heterocycles. The Balaban J connectivity index is 3.59. The van der Waals surface area contributed by atoms with Crippen molar-refractivity contribution in [1.29, 1.82) is 0 Å². The minimum atomic E-state index is -1.26. The molecule has 0 heterocycles. The van der Waals surface area contributed by atoms with Gasteiger partial charge < -0.3 is 10.2 Å². The zero-order chi connectivity index (χ0) is 16.6. The molecule has 0 bridgehead atoms. The second-order valence-electron chi connectivity index (χ2n) is 5.23. The van der Waals surface area contributed by atoms with Crippen LogP contribution in [-0.4, -0.2) is 28.1 Å². The maximum Gasteiger partial charge on any atom is 0.332 e. The molecule has 0 spiro atoms. The van der Waals surface area contributed by atoms with E-state index >= 15 is 0 Å². The van der Waals surface area contributed by atoms with E-state index in [9.17, 15) is 9.59 Å². The van der Waals surface area contributed by atoms with E-state index in [2.05, 4.69) is 13.0 Å². The summed E-state index contributed by atoms with van der Waals surface area (Å²) in [5.74, 6) is -1.06. The third-order valence-electron chi connectivity index (χ3n) is 3.14. The predicted octanol–water partition coefficient (Wildman–Crippen LogP) is 3.81. The Labute approximate surface area is 133 Å². The Hall–Kier alpha value is -1.68. The SMILES string of the molecule is CCCC=CC=CC=CC(=O)CCCCCC[C@H](O)C(=O)O. The standard InChI is InChI=1S/C18H28O4/c1-2-3-4-5-6-7-10-13-16(19)14-11-8-9-12-15-17(20)18(21)22/h4-7,10,13,17,20H,2-3,8-9,11-12,14-15H2,1H3,(H,21,22)/t17-/m0/s1. The average molecular weight is 308 g/mol. The van der Waals surface area contributed by atoms with Crippen molar-refractivity contribution < 1.29 is 19.8 Å². The van der Waals surface area contributed by atoms with Crippen LogP contribution in [-0.2, 0) is 9.59 Å². The smallest absolute Gasteiger partial charge is 0.332 e. The second-order valence-corrected chi connectivity index (χ2v) is 5.23. The zero-order valence-corrected chi connectivity index (χ0v) is 13.4. The molecular formula is C18H28O4. The molecule has 0 aliphatic rings. The summed E-state index contributed by atoms with van der Waals surface area (Å²) in [5.41, 5.74) is 0. The van der Waals surface area contributed by atoms with E-state index in [1.54, 1.807) is 12.2 Å². The first-order chi connectivity index (χ1) is 10.6. The van der Waals surface area contributed by atoms with Gasteiger partial charge in [0.2, 0.25) is 0 Å². The first-order valence-corrected chi connectivity index (χ1v) is 8.01. The van der Waals surface area contributed by atoms with Crippen LogP contribution in [0.4, 0.5) is 0 Å². The summed E-state index contributed by atoms with van der Waals surface area (Å²) in [6.07, 6.45) is 16.1. The molecule has 0 saturated carbocycles. The molecule has 0 fully saturated rings. The number of allylic oxidation sites excluding steroid dienone is 6. The van der Waals surface area contributed by atoms with Crippen molar-refractivity contribution in [1.82, 2.24) is 0 Å². The molecule has 0 rings (SSSR count). The molecule has 0 aromatic rings. The van der Waals surface area contributed by atoms with Gasteiger partial charge >= 0.3 is 5.97 Å².